The minimum atomic E-state index is -2.53. The van der Waals surface area contributed by atoms with Gasteiger partial charge in [-0.1, -0.05) is 113 Å². The van der Waals surface area contributed by atoms with Crippen LogP contribution in [-0.4, -0.2) is 30.0 Å². The summed E-state index contributed by atoms with van der Waals surface area (Å²) in [5, 5.41) is 23.5. The minimum absolute atomic E-state index is 0.0606. The molecule has 0 saturated carbocycles. The summed E-state index contributed by atoms with van der Waals surface area (Å²) in [5.74, 6) is 3.33. The highest BCUT2D eigenvalue weighted by Crippen LogP contribution is 2.35. The Hall–Kier alpha value is -2.12. The van der Waals surface area contributed by atoms with Gasteiger partial charge in [0.1, 0.15) is 5.60 Å². The van der Waals surface area contributed by atoms with E-state index >= 15 is 0 Å². The van der Waals surface area contributed by atoms with Crippen LogP contribution in [-0.2, 0) is 0 Å². The Kier molecular flexibility index (Phi) is 8.48. The lowest BCUT2D eigenvalue weighted by molar-refractivity contribution is 0.123. The van der Waals surface area contributed by atoms with Crippen LogP contribution in [0.15, 0.2) is 72.8 Å². The van der Waals surface area contributed by atoms with E-state index in [2.05, 4.69) is 80.8 Å². The van der Waals surface area contributed by atoms with Crippen molar-refractivity contribution in [1.29, 1.82) is 0 Å². The first-order chi connectivity index (χ1) is 14.5. The van der Waals surface area contributed by atoms with Gasteiger partial charge in [0, 0.05) is 6.42 Å². The monoisotopic (exact) mass is 434 g/mol. The van der Waals surface area contributed by atoms with Crippen molar-refractivity contribution in [2.75, 3.05) is 0 Å². The molecule has 166 valence electrons. The van der Waals surface area contributed by atoms with Crippen molar-refractivity contribution < 1.29 is 10.2 Å². The molecule has 0 aliphatic rings. The van der Waals surface area contributed by atoms with Crippen LogP contribution in [0, 0.1) is 17.4 Å². The van der Waals surface area contributed by atoms with Gasteiger partial charge >= 0.3 is 0 Å². The smallest absolute Gasteiger partial charge is 0.204 e. The van der Waals surface area contributed by atoms with Crippen LogP contribution in [0.25, 0.3) is 0 Å². The van der Waals surface area contributed by atoms with Crippen LogP contribution < -0.4 is 10.4 Å². The van der Waals surface area contributed by atoms with E-state index in [-0.39, 0.29) is 17.1 Å². The van der Waals surface area contributed by atoms with Gasteiger partial charge in [0.05, 0.1) is 6.10 Å². The molecule has 0 radical (unpaired) electrons. The Morgan fingerprint density at radius 1 is 0.935 bits per heavy atom. The van der Waals surface area contributed by atoms with Gasteiger partial charge in [-0.25, -0.2) is 0 Å². The van der Waals surface area contributed by atoms with Gasteiger partial charge in [0.2, 0.25) is 8.07 Å². The second-order valence-electron chi connectivity index (χ2n) is 9.72. The molecule has 0 aliphatic heterocycles. The van der Waals surface area contributed by atoms with Crippen LogP contribution >= 0.6 is 0 Å². The molecule has 0 bridgehead atoms. The maximum Gasteiger partial charge on any atom is 0.204 e. The highest BCUT2D eigenvalue weighted by atomic mass is 28.3. The first-order valence-corrected chi connectivity index (χ1v) is 13.3. The van der Waals surface area contributed by atoms with Gasteiger partial charge in [-0.3, -0.25) is 0 Å². The third-order valence-corrected chi connectivity index (χ3v) is 11.2. The maximum absolute atomic E-state index is 11.1. The molecule has 2 nitrogen and oxygen atoms in total. The fraction of sp³-hybridized carbons (Fsp3) is 0.429. The zero-order chi connectivity index (χ0) is 23.1. The van der Waals surface area contributed by atoms with Gasteiger partial charge in [-0.2, -0.15) is 0 Å². The Labute approximate surface area is 190 Å². The third kappa shape index (κ3) is 6.20. The van der Waals surface area contributed by atoms with E-state index in [0.29, 0.717) is 6.42 Å². The van der Waals surface area contributed by atoms with E-state index < -0.39 is 13.7 Å². The quantitative estimate of drug-likeness (QED) is 0.377. The topological polar surface area (TPSA) is 40.5 Å². The van der Waals surface area contributed by atoms with Crippen molar-refractivity contribution in [3.63, 3.8) is 0 Å². The third-order valence-electron chi connectivity index (χ3n) is 6.04. The van der Waals surface area contributed by atoms with E-state index in [0.717, 1.165) is 6.42 Å². The fourth-order valence-corrected chi connectivity index (χ4v) is 8.60. The lowest BCUT2D eigenvalue weighted by Gasteiger charge is -2.40. The second kappa shape index (κ2) is 10.5. The van der Waals surface area contributed by atoms with Crippen molar-refractivity contribution in [3.05, 3.63) is 72.8 Å². The normalized spacial score (nSPS) is 16.3. The van der Waals surface area contributed by atoms with Gasteiger partial charge in [0.15, 0.2) is 0 Å². The Morgan fingerprint density at radius 2 is 1.42 bits per heavy atom. The van der Waals surface area contributed by atoms with E-state index in [1.165, 1.54) is 10.4 Å². The van der Waals surface area contributed by atoms with Gasteiger partial charge < -0.3 is 10.2 Å². The summed E-state index contributed by atoms with van der Waals surface area (Å²) in [6.07, 6.45) is 4.72. The van der Waals surface area contributed by atoms with Crippen molar-refractivity contribution in [2.24, 2.45) is 5.92 Å². The summed E-state index contributed by atoms with van der Waals surface area (Å²) in [6, 6.07) is 21.1. The number of benzene rings is 2. The number of aliphatic hydroxyl groups excluding tert-OH is 1. The molecular weight excluding hydrogens is 396 g/mol. The maximum atomic E-state index is 11.1. The molecule has 0 aromatic heterocycles. The Bertz CT molecular complexity index is 859. The zero-order valence-electron chi connectivity index (χ0n) is 19.9. The SMILES string of the molecule is CC[C@H](O)[C@@H](C)/C=C/C[C@@](C)(O)C#C[Si](c1ccccc1)(c1ccccc1)C(C)(C)C. The minimum Gasteiger partial charge on any atom is -0.393 e. The zero-order valence-corrected chi connectivity index (χ0v) is 20.9. The van der Waals surface area contributed by atoms with Crippen LogP contribution in [0.2, 0.25) is 5.04 Å². The van der Waals surface area contributed by atoms with Crippen molar-refractivity contribution in [3.8, 4) is 11.5 Å². The fourth-order valence-electron chi connectivity index (χ4n) is 4.03. The van der Waals surface area contributed by atoms with Gasteiger partial charge in [0.25, 0.3) is 0 Å². The van der Waals surface area contributed by atoms with E-state index in [4.69, 9.17) is 0 Å². The highest BCUT2D eigenvalue weighted by molar-refractivity contribution is 7.10. The van der Waals surface area contributed by atoms with Crippen LogP contribution in [0.4, 0.5) is 0 Å². The number of rotatable bonds is 7. The highest BCUT2D eigenvalue weighted by Gasteiger charge is 2.47. The average molecular weight is 435 g/mol. The van der Waals surface area contributed by atoms with Crippen LogP contribution in [0.5, 0.6) is 0 Å². The molecular formula is C28H38O2Si. The molecule has 0 unspecified atom stereocenters. The first-order valence-electron chi connectivity index (χ1n) is 11.3. The molecule has 0 fully saturated rings. The van der Waals surface area contributed by atoms with Gasteiger partial charge in [-0.15, -0.1) is 5.54 Å². The predicted molar refractivity (Wildman–Crippen MR) is 135 cm³/mol. The molecule has 2 aromatic rings. The summed E-state index contributed by atoms with van der Waals surface area (Å²) in [6.45, 7) is 12.5. The average Bonchev–Trinajstić information content (AvgIpc) is 2.74. The molecule has 2 N–H and O–H groups in total. The molecule has 2 aromatic carbocycles. The summed E-state index contributed by atoms with van der Waals surface area (Å²) in [4.78, 5) is 0. The van der Waals surface area contributed by atoms with Crippen LogP contribution in [0.1, 0.15) is 54.4 Å². The number of hydrogen-bond donors (Lipinski definition) is 2. The van der Waals surface area contributed by atoms with E-state index in [9.17, 15) is 10.2 Å². The Balaban J connectivity index is 2.51. The lowest BCUT2D eigenvalue weighted by atomic mass is 9.98. The Morgan fingerprint density at radius 3 is 1.84 bits per heavy atom. The summed E-state index contributed by atoms with van der Waals surface area (Å²) >= 11 is 0. The molecule has 31 heavy (non-hydrogen) atoms. The second-order valence-corrected chi connectivity index (χ2v) is 14.1. The molecule has 2 rings (SSSR count). The first kappa shape index (κ1) is 25.1. The molecule has 0 spiro atoms. The lowest BCUT2D eigenvalue weighted by Crippen LogP contribution is -2.63. The number of aliphatic hydroxyl groups is 2. The molecule has 0 saturated heterocycles. The van der Waals surface area contributed by atoms with Crippen molar-refractivity contribution in [2.45, 2.75) is 71.1 Å². The van der Waals surface area contributed by atoms with E-state index in [1.807, 2.05) is 38.1 Å². The molecule has 3 heteroatoms. The van der Waals surface area contributed by atoms with Crippen molar-refractivity contribution >= 4 is 18.4 Å². The summed E-state index contributed by atoms with van der Waals surface area (Å²) in [7, 11) is -2.53. The molecule has 0 amide bonds. The summed E-state index contributed by atoms with van der Waals surface area (Å²) < 4.78 is 0. The van der Waals surface area contributed by atoms with E-state index in [1.54, 1.807) is 6.92 Å². The summed E-state index contributed by atoms with van der Waals surface area (Å²) in [5.41, 5.74) is 2.54. The predicted octanol–water partition coefficient (Wildman–Crippen LogP) is 4.70. The molecule has 0 heterocycles. The largest absolute Gasteiger partial charge is 0.393 e. The van der Waals surface area contributed by atoms with Crippen LogP contribution in [0.3, 0.4) is 0 Å². The van der Waals surface area contributed by atoms with Gasteiger partial charge in [-0.05, 0) is 34.7 Å². The molecule has 0 aliphatic carbocycles. The standard InChI is InChI=1S/C28H38O2Si/c1-7-26(29)23(2)15-14-20-28(6,30)21-22-31(27(3,4)5,24-16-10-8-11-17-24)25-18-12-9-13-19-25/h8-19,23,26,29-30H,7,20H2,1-6H3/b15-14+/t23-,26-,28+/m0/s1. The number of hydrogen-bond acceptors (Lipinski definition) is 2. The van der Waals surface area contributed by atoms with Crippen molar-refractivity contribution in [1.82, 2.24) is 0 Å². The molecule has 3 atom stereocenters.